The van der Waals surface area contributed by atoms with Crippen LogP contribution in [0.4, 0.5) is 11.4 Å². The number of rotatable bonds is 7. The number of carbonyl (C=O) groups is 2. The minimum Gasteiger partial charge on any atom is -0.497 e. The fourth-order valence-electron chi connectivity index (χ4n) is 3.03. The Balaban J connectivity index is 1.70. The van der Waals surface area contributed by atoms with Crippen molar-refractivity contribution in [2.75, 3.05) is 24.9 Å². The highest BCUT2D eigenvalue weighted by Crippen LogP contribution is 2.48. The maximum atomic E-state index is 12.8. The predicted octanol–water partition coefficient (Wildman–Crippen LogP) is 4.18. The Morgan fingerprint density at radius 1 is 0.929 bits per heavy atom. The first-order valence-electron chi connectivity index (χ1n) is 9.34. The van der Waals surface area contributed by atoms with Gasteiger partial charge >= 0.3 is 0 Å². The summed E-state index contributed by atoms with van der Waals surface area (Å²) in [5.41, 5.74) is 1.36. The molecule has 0 spiro atoms. The molecule has 1 aliphatic carbocycles. The zero-order chi connectivity index (χ0) is 20.3. The van der Waals surface area contributed by atoms with Gasteiger partial charge in [-0.15, -0.1) is 0 Å². The molecule has 148 valence electrons. The van der Waals surface area contributed by atoms with Crippen LogP contribution in [0.2, 0.25) is 0 Å². The molecule has 2 aromatic carbocycles. The lowest BCUT2D eigenvalue weighted by molar-refractivity contribution is -0.131. The van der Waals surface area contributed by atoms with E-state index >= 15 is 0 Å². The van der Waals surface area contributed by atoms with Crippen LogP contribution in [-0.4, -0.2) is 26.0 Å². The van der Waals surface area contributed by atoms with E-state index in [0.29, 0.717) is 41.6 Å². The molecule has 0 saturated heterocycles. The van der Waals surface area contributed by atoms with Gasteiger partial charge in [-0.05, 0) is 48.6 Å². The van der Waals surface area contributed by atoms with Crippen LogP contribution in [0.25, 0.3) is 0 Å². The van der Waals surface area contributed by atoms with Crippen molar-refractivity contribution < 1.29 is 19.1 Å². The van der Waals surface area contributed by atoms with Crippen molar-refractivity contribution in [1.29, 1.82) is 0 Å². The highest BCUT2D eigenvalue weighted by molar-refractivity contribution is 6.17. The summed E-state index contributed by atoms with van der Waals surface area (Å²) in [5, 5.41) is 5.70. The van der Waals surface area contributed by atoms with Gasteiger partial charge < -0.3 is 20.1 Å². The number of anilines is 2. The topological polar surface area (TPSA) is 76.7 Å². The minimum absolute atomic E-state index is 0.283. The normalized spacial score (nSPS) is 14.3. The summed E-state index contributed by atoms with van der Waals surface area (Å²) < 4.78 is 10.5. The SMILES string of the molecule is COc1ccc(NC(=O)C2(C(=O)Nc3ccc(C(C)C)cc3)CC2)c(OC)c1. The van der Waals surface area contributed by atoms with Gasteiger partial charge in [0.05, 0.1) is 19.9 Å². The Hall–Kier alpha value is -3.02. The van der Waals surface area contributed by atoms with Crippen molar-refractivity contribution in [1.82, 2.24) is 0 Å². The van der Waals surface area contributed by atoms with E-state index in [0.717, 1.165) is 0 Å². The standard InChI is InChI=1S/C22H26N2O4/c1-14(2)15-5-7-16(8-6-15)23-20(25)22(11-12-22)21(26)24-18-10-9-17(27-3)13-19(18)28-4/h5-10,13-14H,11-12H2,1-4H3,(H,23,25)(H,24,26). The van der Waals surface area contributed by atoms with Crippen molar-refractivity contribution >= 4 is 23.2 Å². The smallest absolute Gasteiger partial charge is 0.240 e. The van der Waals surface area contributed by atoms with Gasteiger partial charge in [0.25, 0.3) is 0 Å². The van der Waals surface area contributed by atoms with E-state index in [2.05, 4.69) is 24.5 Å². The number of carbonyl (C=O) groups excluding carboxylic acids is 2. The molecule has 2 aromatic rings. The van der Waals surface area contributed by atoms with E-state index in [1.165, 1.54) is 12.7 Å². The van der Waals surface area contributed by atoms with Gasteiger partial charge in [0.1, 0.15) is 16.9 Å². The van der Waals surface area contributed by atoms with Gasteiger partial charge in [0, 0.05) is 11.8 Å². The highest BCUT2D eigenvalue weighted by atomic mass is 16.5. The third kappa shape index (κ3) is 3.96. The predicted molar refractivity (Wildman–Crippen MR) is 109 cm³/mol. The van der Waals surface area contributed by atoms with E-state index in [9.17, 15) is 9.59 Å². The molecule has 0 radical (unpaired) electrons. The average Bonchev–Trinajstić information content (AvgIpc) is 3.51. The highest BCUT2D eigenvalue weighted by Gasteiger charge is 2.56. The fourth-order valence-corrected chi connectivity index (χ4v) is 3.03. The average molecular weight is 382 g/mol. The van der Waals surface area contributed by atoms with E-state index in [1.54, 1.807) is 25.3 Å². The number of benzene rings is 2. The quantitative estimate of drug-likeness (QED) is 0.704. The number of methoxy groups -OCH3 is 2. The second-order valence-corrected chi connectivity index (χ2v) is 7.33. The van der Waals surface area contributed by atoms with Gasteiger partial charge in [-0.2, -0.15) is 0 Å². The summed E-state index contributed by atoms with van der Waals surface area (Å²) in [6.07, 6.45) is 1.04. The summed E-state index contributed by atoms with van der Waals surface area (Å²) in [4.78, 5) is 25.6. The second-order valence-electron chi connectivity index (χ2n) is 7.33. The van der Waals surface area contributed by atoms with Crippen molar-refractivity contribution in [3.8, 4) is 11.5 Å². The van der Waals surface area contributed by atoms with E-state index in [1.807, 2.05) is 24.3 Å². The molecule has 1 saturated carbocycles. The lowest BCUT2D eigenvalue weighted by Crippen LogP contribution is -2.35. The van der Waals surface area contributed by atoms with Crippen LogP contribution in [-0.2, 0) is 9.59 Å². The lowest BCUT2D eigenvalue weighted by Gasteiger charge is -2.17. The maximum absolute atomic E-state index is 12.8. The molecule has 1 fully saturated rings. The summed E-state index contributed by atoms with van der Waals surface area (Å²) in [6.45, 7) is 4.23. The lowest BCUT2D eigenvalue weighted by atomic mass is 10.0. The molecule has 0 bridgehead atoms. The summed E-state index contributed by atoms with van der Waals surface area (Å²) in [7, 11) is 3.08. The number of hydrogen-bond donors (Lipinski definition) is 2. The first-order chi connectivity index (χ1) is 13.4. The third-order valence-electron chi connectivity index (χ3n) is 5.11. The van der Waals surface area contributed by atoms with Crippen molar-refractivity contribution in [2.24, 2.45) is 5.41 Å². The molecule has 0 unspecified atom stereocenters. The van der Waals surface area contributed by atoms with Crippen LogP contribution < -0.4 is 20.1 Å². The van der Waals surface area contributed by atoms with E-state index in [4.69, 9.17) is 9.47 Å². The number of nitrogens with one attached hydrogen (secondary N) is 2. The van der Waals surface area contributed by atoms with Gasteiger partial charge in [0.15, 0.2) is 0 Å². The molecule has 0 aromatic heterocycles. The molecule has 6 nitrogen and oxygen atoms in total. The Morgan fingerprint density at radius 2 is 1.57 bits per heavy atom. The molecule has 28 heavy (non-hydrogen) atoms. The number of amides is 2. The van der Waals surface area contributed by atoms with Gasteiger partial charge in [0.2, 0.25) is 11.8 Å². The minimum atomic E-state index is -1.04. The van der Waals surface area contributed by atoms with Gasteiger partial charge in [-0.25, -0.2) is 0 Å². The van der Waals surface area contributed by atoms with Gasteiger partial charge in [-0.1, -0.05) is 26.0 Å². The number of ether oxygens (including phenoxy) is 2. The van der Waals surface area contributed by atoms with Crippen LogP contribution in [0.5, 0.6) is 11.5 Å². The summed E-state index contributed by atoms with van der Waals surface area (Å²) in [6, 6.07) is 12.8. The third-order valence-corrected chi connectivity index (χ3v) is 5.11. The van der Waals surface area contributed by atoms with E-state index in [-0.39, 0.29) is 11.8 Å². The second kappa shape index (κ2) is 7.92. The maximum Gasteiger partial charge on any atom is 0.240 e. The van der Waals surface area contributed by atoms with Crippen LogP contribution in [0.15, 0.2) is 42.5 Å². The Kier molecular flexibility index (Phi) is 5.58. The molecule has 3 rings (SSSR count). The Labute approximate surface area is 165 Å². The van der Waals surface area contributed by atoms with Gasteiger partial charge in [-0.3, -0.25) is 9.59 Å². The molecular formula is C22H26N2O4. The van der Waals surface area contributed by atoms with Crippen molar-refractivity contribution in [2.45, 2.75) is 32.6 Å². The first kappa shape index (κ1) is 19.7. The van der Waals surface area contributed by atoms with Crippen molar-refractivity contribution in [3.63, 3.8) is 0 Å². The molecule has 0 aliphatic heterocycles. The van der Waals surface area contributed by atoms with Crippen LogP contribution in [0.3, 0.4) is 0 Å². The van der Waals surface area contributed by atoms with Crippen LogP contribution in [0, 0.1) is 5.41 Å². The van der Waals surface area contributed by atoms with Crippen molar-refractivity contribution in [3.05, 3.63) is 48.0 Å². The first-order valence-corrected chi connectivity index (χ1v) is 9.34. The molecule has 0 heterocycles. The summed E-state index contributed by atoms with van der Waals surface area (Å²) >= 11 is 0. The van der Waals surface area contributed by atoms with Crippen LogP contribution in [0.1, 0.15) is 38.2 Å². The number of hydrogen-bond acceptors (Lipinski definition) is 4. The zero-order valence-electron chi connectivity index (χ0n) is 16.7. The Bertz CT molecular complexity index is 871. The molecule has 0 atom stereocenters. The molecule has 6 heteroatoms. The zero-order valence-corrected chi connectivity index (χ0v) is 16.7. The molecular weight excluding hydrogens is 356 g/mol. The van der Waals surface area contributed by atoms with E-state index < -0.39 is 5.41 Å². The summed E-state index contributed by atoms with van der Waals surface area (Å²) in [5.74, 6) is 0.915. The Morgan fingerprint density at radius 3 is 2.11 bits per heavy atom. The monoisotopic (exact) mass is 382 g/mol. The fraction of sp³-hybridized carbons (Fsp3) is 0.364. The molecule has 2 amide bonds. The van der Waals surface area contributed by atoms with Crippen LogP contribution >= 0.6 is 0 Å². The molecule has 1 aliphatic rings. The molecule has 2 N–H and O–H groups in total. The largest absolute Gasteiger partial charge is 0.497 e.